The number of para-hydroxylation sites is 1. The van der Waals surface area contributed by atoms with Crippen molar-refractivity contribution in [2.45, 2.75) is 50.5 Å². The van der Waals surface area contributed by atoms with Crippen molar-refractivity contribution in [1.82, 2.24) is 20.3 Å². The highest BCUT2D eigenvalue weighted by molar-refractivity contribution is 7.92. The number of rotatable bonds is 9. The van der Waals surface area contributed by atoms with Crippen LogP contribution in [0.4, 0.5) is 10.1 Å². The van der Waals surface area contributed by atoms with Gasteiger partial charge in [-0.25, -0.2) is 17.5 Å². The predicted molar refractivity (Wildman–Crippen MR) is 126 cm³/mol. The highest BCUT2D eigenvalue weighted by Gasteiger charge is 2.21. The molecule has 0 radical (unpaired) electrons. The number of sulfonamides is 1. The number of hydrogen-bond donors (Lipinski definition) is 2. The fourth-order valence-corrected chi connectivity index (χ4v) is 5.57. The van der Waals surface area contributed by atoms with Gasteiger partial charge in [0.15, 0.2) is 0 Å². The average molecular weight is 472 g/mol. The molecule has 1 fully saturated rings. The van der Waals surface area contributed by atoms with Crippen molar-refractivity contribution >= 4 is 15.7 Å². The SMILES string of the molecule is CC(CNCc1ccccc1NS(=O)(=O)c1ccc(-n2ccnn2)c(F)c1)C1CCCCC1. The second-order valence-corrected chi connectivity index (χ2v) is 10.4. The van der Waals surface area contributed by atoms with Gasteiger partial charge in [0.25, 0.3) is 10.0 Å². The molecular formula is C24H30FN5O2S. The summed E-state index contributed by atoms with van der Waals surface area (Å²) in [7, 11) is -3.97. The van der Waals surface area contributed by atoms with Crippen LogP contribution in [0.1, 0.15) is 44.6 Å². The third-order valence-corrected chi connectivity index (χ3v) is 7.76. The first-order valence-corrected chi connectivity index (χ1v) is 12.9. The molecule has 4 rings (SSSR count). The molecule has 1 atom stereocenters. The van der Waals surface area contributed by atoms with Crippen LogP contribution in [0.3, 0.4) is 0 Å². The molecule has 0 saturated heterocycles. The summed E-state index contributed by atoms with van der Waals surface area (Å²) in [6, 6.07) is 11.0. The van der Waals surface area contributed by atoms with Crippen molar-refractivity contribution in [1.29, 1.82) is 0 Å². The number of nitrogens with one attached hydrogen (secondary N) is 2. The average Bonchev–Trinajstić information content (AvgIpc) is 3.35. The Balaban J connectivity index is 1.43. The Morgan fingerprint density at radius 2 is 1.94 bits per heavy atom. The maximum absolute atomic E-state index is 14.6. The Kier molecular flexibility index (Phi) is 7.39. The van der Waals surface area contributed by atoms with E-state index in [1.54, 1.807) is 12.1 Å². The van der Waals surface area contributed by atoms with Crippen molar-refractivity contribution in [2.24, 2.45) is 11.8 Å². The van der Waals surface area contributed by atoms with E-state index in [0.29, 0.717) is 18.2 Å². The summed E-state index contributed by atoms with van der Waals surface area (Å²) in [5.74, 6) is 0.644. The molecule has 176 valence electrons. The van der Waals surface area contributed by atoms with Gasteiger partial charge in [0.2, 0.25) is 0 Å². The molecule has 1 unspecified atom stereocenters. The first kappa shape index (κ1) is 23.4. The van der Waals surface area contributed by atoms with Crippen LogP contribution < -0.4 is 10.0 Å². The summed E-state index contributed by atoms with van der Waals surface area (Å²) in [6.07, 6.45) is 9.49. The Labute approximate surface area is 194 Å². The summed E-state index contributed by atoms with van der Waals surface area (Å²) in [4.78, 5) is -0.155. The van der Waals surface area contributed by atoms with Crippen LogP contribution in [-0.2, 0) is 16.6 Å². The second kappa shape index (κ2) is 10.4. The van der Waals surface area contributed by atoms with E-state index in [1.165, 1.54) is 61.3 Å². The minimum Gasteiger partial charge on any atom is -0.312 e. The van der Waals surface area contributed by atoms with E-state index in [0.717, 1.165) is 24.1 Å². The Morgan fingerprint density at radius 3 is 2.67 bits per heavy atom. The van der Waals surface area contributed by atoms with Crippen LogP contribution in [0.2, 0.25) is 0 Å². The van der Waals surface area contributed by atoms with Gasteiger partial charge >= 0.3 is 0 Å². The number of halogens is 1. The molecule has 1 saturated carbocycles. The summed E-state index contributed by atoms with van der Waals surface area (Å²) < 4.78 is 44.3. The van der Waals surface area contributed by atoms with E-state index in [1.807, 2.05) is 12.1 Å². The van der Waals surface area contributed by atoms with Gasteiger partial charge < -0.3 is 5.32 Å². The normalized spacial score (nSPS) is 15.9. The third-order valence-electron chi connectivity index (χ3n) is 6.40. The summed E-state index contributed by atoms with van der Waals surface area (Å²) in [6.45, 7) is 3.73. The maximum atomic E-state index is 14.6. The summed E-state index contributed by atoms with van der Waals surface area (Å²) in [5.41, 5.74) is 1.45. The summed E-state index contributed by atoms with van der Waals surface area (Å²) in [5, 5.41) is 10.9. The number of benzene rings is 2. The van der Waals surface area contributed by atoms with Crippen LogP contribution >= 0.6 is 0 Å². The van der Waals surface area contributed by atoms with Crippen LogP contribution in [0.5, 0.6) is 0 Å². The number of nitrogens with zero attached hydrogens (tertiary/aromatic N) is 3. The van der Waals surface area contributed by atoms with E-state index in [9.17, 15) is 12.8 Å². The van der Waals surface area contributed by atoms with Gasteiger partial charge in [0, 0.05) is 6.54 Å². The van der Waals surface area contributed by atoms with Gasteiger partial charge in [-0.3, -0.25) is 4.72 Å². The lowest BCUT2D eigenvalue weighted by Gasteiger charge is -2.28. The lowest BCUT2D eigenvalue weighted by molar-refractivity contribution is 0.256. The molecule has 0 bridgehead atoms. The molecule has 33 heavy (non-hydrogen) atoms. The molecule has 7 nitrogen and oxygen atoms in total. The largest absolute Gasteiger partial charge is 0.312 e. The quantitative estimate of drug-likeness (QED) is 0.479. The molecule has 1 aliphatic carbocycles. The molecule has 3 aromatic rings. The topological polar surface area (TPSA) is 88.9 Å². The fourth-order valence-electron chi connectivity index (χ4n) is 4.46. The monoisotopic (exact) mass is 471 g/mol. The van der Waals surface area contributed by atoms with E-state index in [-0.39, 0.29) is 10.6 Å². The molecule has 1 aliphatic rings. The zero-order valence-corrected chi connectivity index (χ0v) is 19.6. The number of hydrogen-bond acceptors (Lipinski definition) is 5. The highest BCUT2D eigenvalue weighted by Crippen LogP contribution is 2.29. The van der Waals surface area contributed by atoms with E-state index in [4.69, 9.17) is 0 Å². The fraction of sp³-hybridized carbons (Fsp3) is 0.417. The third kappa shape index (κ3) is 5.78. The van der Waals surface area contributed by atoms with Gasteiger partial charge in [-0.15, -0.1) is 5.10 Å². The maximum Gasteiger partial charge on any atom is 0.262 e. The lowest BCUT2D eigenvalue weighted by Crippen LogP contribution is -2.27. The molecule has 1 heterocycles. The minimum absolute atomic E-state index is 0.128. The second-order valence-electron chi connectivity index (χ2n) is 8.73. The van der Waals surface area contributed by atoms with Crippen LogP contribution in [-0.4, -0.2) is 30.0 Å². The van der Waals surface area contributed by atoms with E-state index in [2.05, 4.69) is 27.3 Å². The standard InChI is InChI=1S/C24H30FN5O2S/c1-18(19-7-3-2-4-8-19)16-26-17-20-9-5-6-10-23(20)28-33(31,32)21-11-12-24(22(25)15-21)30-14-13-27-29-30/h5-6,9-15,18-19,26,28H,2-4,7-8,16-17H2,1H3. The van der Waals surface area contributed by atoms with Crippen LogP contribution in [0, 0.1) is 17.7 Å². The van der Waals surface area contributed by atoms with Crippen molar-refractivity contribution in [3.05, 3.63) is 66.2 Å². The minimum atomic E-state index is -3.97. The highest BCUT2D eigenvalue weighted by atomic mass is 32.2. The van der Waals surface area contributed by atoms with Gasteiger partial charge in [-0.05, 0) is 48.2 Å². The molecule has 9 heteroatoms. The van der Waals surface area contributed by atoms with Crippen LogP contribution in [0.25, 0.3) is 5.69 Å². The molecular weight excluding hydrogens is 441 g/mol. The summed E-state index contributed by atoms with van der Waals surface area (Å²) >= 11 is 0. The first-order valence-electron chi connectivity index (χ1n) is 11.4. The zero-order valence-electron chi connectivity index (χ0n) is 18.7. The lowest BCUT2D eigenvalue weighted by atomic mass is 9.81. The molecule has 0 spiro atoms. The Morgan fingerprint density at radius 1 is 1.15 bits per heavy atom. The van der Waals surface area contributed by atoms with Gasteiger partial charge in [0.1, 0.15) is 11.5 Å². The Hall–Kier alpha value is -2.78. The van der Waals surface area contributed by atoms with E-state index >= 15 is 0 Å². The smallest absolute Gasteiger partial charge is 0.262 e. The van der Waals surface area contributed by atoms with Crippen molar-refractivity contribution in [2.75, 3.05) is 11.3 Å². The Bertz CT molecular complexity index is 1160. The molecule has 0 amide bonds. The first-order chi connectivity index (χ1) is 15.9. The molecule has 0 aliphatic heterocycles. The number of anilines is 1. The molecule has 1 aromatic heterocycles. The van der Waals surface area contributed by atoms with Gasteiger partial charge in [0.05, 0.1) is 23.0 Å². The van der Waals surface area contributed by atoms with Crippen molar-refractivity contribution in [3.8, 4) is 5.69 Å². The molecule has 2 N–H and O–H groups in total. The number of aromatic nitrogens is 3. The van der Waals surface area contributed by atoms with E-state index < -0.39 is 15.8 Å². The van der Waals surface area contributed by atoms with Crippen molar-refractivity contribution < 1.29 is 12.8 Å². The van der Waals surface area contributed by atoms with Crippen molar-refractivity contribution in [3.63, 3.8) is 0 Å². The molecule has 2 aromatic carbocycles. The predicted octanol–water partition coefficient (Wildman–Crippen LogP) is 4.51. The van der Waals surface area contributed by atoms with Gasteiger partial charge in [-0.2, -0.15) is 0 Å². The van der Waals surface area contributed by atoms with Crippen LogP contribution in [0.15, 0.2) is 59.8 Å². The van der Waals surface area contributed by atoms with Gasteiger partial charge in [-0.1, -0.05) is 62.4 Å². The zero-order chi connectivity index (χ0) is 23.3.